The van der Waals surface area contributed by atoms with Crippen molar-refractivity contribution in [2.45, 2.75) is 25.0 Å². The second-order valence-corrected chi connectivity index (χ2v) is 3.46. The van der Waals surface area contributed by atoms with E-state index in [-0.39, 0.29) is 11.9 Å². The predicted molar refractivity (Wildman–Crippen MR) is 47.7 cm³/mol. The van der Waals surface area contributed by atoms with Crippen molar-refractivity contribution in [3.63, 3.8) is 0 Å². The lowest BCUT2D eigenvalue weighted by Crippen LogP contribution is -2.33. The highest BCUT2D eigenvalue weighted by Gasteiger charge is 2.27. The summed E-state index contributed by atoms with van der Waals surface area (Å²) in [5, 5.41) is 9.65. The van der Waals surface area contributed by atoms with Crippen LogP contribution in [0.1, 0.15) is 23.7 Å². The molecule has 0 saturated heterocycles. The Bertz CT molecular complexity index is 327. The summed E-state index contributed by atoms with van der Waals surface area (Å²) in [5.74, 6) is -0.347. The molecule has 13 heavy (non-hydrogen) atoms. The fraction of sp³-hybridized carbons (Fsp3) is 0.400. The fourth-order valence-corrected chi connectivity index (χ4v) is 1.83. The highest BCUT2D eigenvalue weighted by molar-refractivity contribution is 5.33. The Morgan fingerprint density at radius 1 is 1.46 bits per heavy atom. The van der Waals surface area contributed by atoms with Crippen LogP contribution in [0.15, 0.2) is 18.2 Å². The average molecular weight is 181 g/mol. The smallest absolute Gasteiger partial charge is 0.129 e. The molecule has 70 valence electrons. The quantitative estimate of drug-likeness (QED) is 0.630. The summed E-state index contributed by atoms with van der Waals surface area (Å²) in [6, 6.07) is 4.54. The van der Waals surface area contributed by atoms with Crippen LogP contribution in [0.2, 0.25) is 0 Å². The molecule has 0 spiro atoms. The zero-order valence-corrected chi connectivity index (χ0v) is 7.20. The minimum absolute atomic E-state index is 0.329. The summed E-state index contributed by atoms with van der Waals surface area (Å²) in [7, 11) is 0. The minimum Gasteiger partial charge on any atom is -0.387 e. The molecular weight excluding hydrogens is 169 g/mol. The largest absolute Gasteiger partial charge is 0.387 e. The molecule has 3 heteroatoms. The van der Waals surface area contributed by atoms with E-state index in [9.17, 15) is 9.50 Å². The van der Waals surface area contributed by atoms with Gasteiger partial charge < -0.3 is 10.8 Å². The van der Waals surface area contributed by atoms with Crippen molar-refractivity contribution in [3.05, 3.63) is 35.1 Å². The van der Waals surface area contributed by atoms with Crippen molar-refractivity contribution < 1.29 is 9.50 Å². The second kappa shape index (κ2) is 3.09. The highest BCUT2D eigenvalue weighted by atomic mass is 19.1. The van der Waals surface area contributed by atoms with Crippen molar-refractivity contribution in [2.75, 3.05) is 0 Å². The molecule has 3 N–H and O–H groups in total. The maximum absolute atomic E-state index is 13.3. The molecular formula is C10H12FNO. The third kappa shape index (κ3) is 1.34. The van der Waals surface area contributed by atoms with E-state index in [1.807, 2.05) is 6.07 Å². The number of benzene rings is 1. The number of hydrogen-bond acceptors (Lipinski definition) is 2. The molecule has 1 aliphatic rings. The van der Waals surface area contributed by atoms with Gasteiger partial charge in [-0.25, -0.2) is 4.39 Å². The zero-order chi connectivity index (χ0) is 9.42. The summed E-state index contributed by atoms with van der Waals surface area (Å²) >= 11 is 0. The third-order valence-electron chi connectivity index (χ3n) is 2.59. The van der Waals surface area contributed by atoms with Gasteiger partial charge in [0.05, 0.1) is 6.10 Å². The number of nitrogens with two attached hydrogens (primary N) is 1. The first-order valence-electron chi connectivity index (χ1n) is 4.41. The van der Waals surface area contributed by atoms with Crippen molar-refractivity contribution in [1.82, 2.24) is 0 Å². The fourth-order valence-electron chi connectivity index (χ4n) is 1.83. The van der Waals surface area contributed by atoms with E-state index < -0.39 is 6.10 Å². The van der Waals surface area contributed by atoms with Crippen LogP contribution in [0.3, 0.4) is 0 Å². The Hall–Kier alpha value is -0.930. The maximum Gasteiger partial charge on any atom is 0.129 e. The molecule has 0 bridgehead atoms. The first-order valence-corrected chi connectivity index (χ1v) is 4.41. The summed E-state index contributed by atoms with van der Waals surface area (Å²) in [4.78, 5) is 0. The van der Waals surface area contributed by atoms with Gasteiger partial charge in [-0.1, -0.05) is 12.1 Å². The summed E-state index contributed by atoms with van der Waals surface area (Å²) < 4.78 is 13.3. The normalized spacial score (nSPS) is 27.0. The zero-order valence-electron chi connectivity index (χ0n) is 7.20. The first-order chi connectivity index (χ1) is 6.20. The highest BCUT2D eigenvalue weighted by Crippen LogP contribution is 2.30. The van der Waals surface area contributed by atoms with Gasteiger partial charge >= 0.3 is 0 Å². The second-order valence-electron chi connectivity index (χ2n) is 3.46. The van der Waals surface area contributed by atoms with Gasteiger partial charge in [-0.3, -0.25) is 0 Å². The van der Waals surface area contributed by atoms with Crippen LogP contribution in [0, 0.1) is 5.82 Å². The van der Waals surface area contributed by atoms with Gasteiger partial charge in [0.1, 0.15) is 5.82 Å². The molecule has 0 unspecified atom stereocenters. The van der Waals surface area contributed by atoms with Crippen LogP contribution in [0.5, 0.6) is 0 Å². The molecule has 0 saturated carbocycles. The van der Waals surface area contributed by atoms with Crippen LogP contribution in [-0.4, -0.2) is 11.1 Å². The van der Waals surface area contributed by atoms with E-state index in [0.717, 1.165) is 18.4 Å². The number of halogens is 1. The molecule has 2 rings (SSSR count). The maximum atomic E-state index is 13.3. The summed E-state index contributed by atoms with van der Waals surface area (Å²) in [6.07, 6.45) is 0.632. The van der Waals surface area contributed by atoms with E-state index in [2.05, 4.69) is 0 Å². The number of fused-ring (bicyclic) bond motifs is 1. The molecule has 2 nitrogen and oxygen atoms in total. The van der Waals surface area contributed by atoms with E-state index in [1.165, 1.54) is 6.07 Å². The van der Waals surface area contributed by atoms with Crippen LogP contribution < -0.4 is 5.73 Å². The van der Waals surface area contributed by atoms with Gasteiger partial charge in [0.15, 0.2) is 0 Å². The van der Waals surface area contributed by atoms with Gasteiger partial charge in [-0.05, 0) is 24.5 Å². The molecule has 0 fully saturated rings. The SMILES string of the molecule is N[C@@H]1CCc2cccc(F)c2[C@H]1O. The van der Waals surface area contributed by atoms with E-state index in [0.29, 0.717) is 5.56 Å². The number of rotatable bonds is 0. The number of hydrogen-bond donors (Lipinski definition) is 2. The third-order valence-corrected chi connectivity index (χ3v) is 2.59. The van der Waals surface area contributed by atoms with Gasteiger partial charge in [-0.2, -0.15) is 0 Å². The molecule has 0 aromatic heterocycles. The minimum atomic E-state index is -0.843. The molecule has 0 radical (unpaired) electrons. The Labute approximate surface area is 76.2 Å². The van der Waals surface area contributed by atoms with Crippen LogP contribution in [0.25, 0.3) is 0 Å². The van der Waals surface area contributed by atoms with Gasteiger partial charge in [0.2, 0.25) is 0 Å². The van der Waals surface area contributed by atoms with Crippen LogP contribution in [-0.2, 0) is 6.42 Å². The molecule has 0 heterocycles. The number of aliphatic hydroxyl groups is 1. The molecule has 2 atom stereocenters. The van der Waals surface area contributed by atoms with Gasteiger partial charge in [-0.15, -0.1) is 0 Å². The first kappa shape index (κ1) is 8.66. The molecule has 1 aromatic carbocycles. The van der Waals surface area contributed by atoms with Crippen molar-refractivity contribution in [3.8, 4) is 0 Å². The van der Waals surface area contributed by atoms with Crippen molar-refractivity contribution in [1.29, 1.82) is 0 Å². The lowest BCUT2D eigenvalue weighted by atomic mass is 9.86. The Kier molecular flexibility index (Phi) is 2.06. The monoisotopic (exact) mass is 181 g/mol. The number of aryl methyl sites for hydroxylation is 1. The van der Waals surface area contributed by atoms with Gasteiger partial charge in [0.25, 0.3) is 0 Å². The topological polar surface area (TPSA) is 46.2 Å². The summed E-state index contributed by atoms with van der Waals surface area (Å²) in [5.41, 5.74) is 6.92. The van der Waals surface area contributed by atoms with Crippen molar-refractivity contribution >= 4 is 0 Å². The van der Waals surface area contributed by atoms with E-state index >= 15 is 0 Å². The van der Waals surface area contributed by atoms with Crippen LogP contribution in [0.4, 0.5) is 4.39 Å². The Balaban J connectivity index is 2.51. The average Bonchev–Trinajstić information content (AvgIpc) is 2.12. The lowest BCUT2D eigenvalue weighted by Gasteiger charge is -2.27. The van der Waals surface area contributed by atoms with Gasteiger partial charge in [0, 0.05) is 11.6 Å². The van der Waals surface area contributed by atoms with E-state index in [1.54, 1.807) is 6.07 Å². The number of aliphatic hydroxyl groups excluding tert-OH is 1. The van der Waals surface area contributed by atoms with E-state index in [4.69, 9.17) is 5.73 Å². The van der Waals surface area contributed by atoms with Crippen LogP contribution >= 0.6 is 0 Å². The molecule has 1 aromatic rings. The Morgan fingerprint density at radius 3 is 3.00 bits per heavy atom. The predicted octanol–water partition coefficient (Wildman–Crippen LogP) is 1.13. The molecule has 0 amide bonds. The molecule has 0 aliphatic heterocycles. The lowest BCUT2D eigenvalue weighted by molar-refractivity contribution is 0.129. The Morgan fingerprint density at radius 2 is 2.23 bits per heavy atom. The standard InChI is InChI=1S/C10H12FNO/c11-7-3-1-2-6-4-5-8(12)10(13)9(6)7/h1-3,8,10,13H,4-5,12H2/t8-,10+/m1/s1. The molecule has 1 aliphatic carbocycles. The van der Waals surface area contributed by atoms with Crippen molar-refractivity contribution in [2.24, 2.45) is 5.73 Å². The summed E-state index contributed by atoms with van der Waals surface area (Å²) in [6.45, 7) is 0.